The fourth-order valence-electron chi connectivity index (χ4n) is 3.70. The van der Waals surface area contributed by atoms with Gasteiger partial charge in [0.15, 0.2) is 0 Å². The van der Waals surface area contributed by atoms with Crippen LogP contribution in [0.3, 0.4) is 0 Å². The summed E-state index contributed by atoms with van der Waals surface area (Å²) in [7, 11) is 0. The molecule has 0 atom stereocenters. The van der Waals surface area contributed by atoms with Crippen LogP contribution in [-0.4, -0.2) is 4.57 Å². The molecule has 0 saturated carbocycles. The van der Waals surface area contributed by atoms with Crippen molar-refractivity contribution in [1.82, 2.24) is 4.57 Å². The smallest absolute Gasteiger partial charge is 0.0535 e. The Labute approximate surface area is 159 Å². The summed E-state index contributed by atoms with van der Waals surface area (Å²) >= 11 is 0. The fraction of sp³-hybridized carbons (Fsp3) is 0. The topological polar surface area (TPSA) is 4.93 Å². The molecule has 0 aliphatic rings. The van der Waals surface area contributed by atoms with E-state index in [0.29, 0.717) is 0 Å². The maximum atomic E-state index is 2.36. The van der Waals surface area contributed by atoms with Gasteiger partial charge in [-0.05, 0) is 46.2 Å². The van der Waals surface area contributed by atoms with E-state index in [1.807, 2.05) is 0 Å². The maximum Gasteiger partial charge on any atom is 0.0535 e. The largest absolute Gasteiger partial charge is 0.309 e. The minimum absolute atomic E-state index is 1.18. The van der Waals surface area contributed by atoms with Crippen LogP contribution in [0.4, 0.5) is 0 Å². The van der Waals surface area contributed by atoms with Crippen LogP contribution in [0.5, 0.6) is 0 Å². The van der Waals surface area contributed by atoms with Crippen molar-refractivity contribution in [3.05, 3.63) is 115 Å². The number of nitrogens with zero attached hydrogens (tertiary/aromatic N) is 1. The van der Waals surface area contributed by atoms with Gasteiger partial charge in [0.1, 0.15) is 0 Å². The highest BCUT2D eigenvalue weighted by Crippen LogP contribution is 2.33. The van der Waals surface area contributed by atoms with Crippen molar-refractivity contribution in [2.24, 2.45) is 0 Å². The number of fused-ring (bicyclic) bond motifs is 1. The molecule has 0 N–H and O–H groups in total. The molecule has 0 saturated heterocycles. The second-order valence-corrected chi connectivity index (χ2v) is 6.70. The van der Waals surface area contributed by atoms with Crippen molar-refractivity contribution >= 4 is 10.8 Å². The number of rotatable bonds is 3. The lowest BCUT2D eigenvalue weighted by Crippen LogP contribution is -1.99. The number of hydrogen-bond acceptors (Lipinski definition) is 0. The van der Waals surface area contributed by atoms with Gasteiger partial charge in [-0.15, -0.1) is 0 Å². The van der Waals surface area contributed by atoms with E-state index in [1.165, 1.54) is 39.0 Å². The Morgan fingerprint density at radius 2 is 0.926 bits per heavy atom. The first-order valence-electron chi connectivity index (χ1n) is 9.22. The predicted octanol–water partition coefficient (Wildman–Crippen LogP) is 6.96. The van der Waals surface area contributed by atoms with Crippen LogP contribution in [-0.2, 0) is 0 Å². The molecule has 1 aromatic heterocycles. The Morgan fingerprint density at radius 1 is 0.407 bits per heavy atom. The molecule has 0 amide bonds. The molecule has 0 aliphatic heterocycles. The first-order chi connectivity index (χ1) is 13.4. The average Bonchev–Trinajstić information content (AvgIpc) is 3.20. The van der Waals surface area contributed by atoms with Crippen molar-refractivity contribution in [3.63, 3.8) is 0 Å². The van der Waals surface area contributed by atoms with E-state index in [0.717, 1.165) is 0 Å². The summed E-state index contributed by atoms with van der Waals surface area (Å²) in [5.41, 5.74) is 6.01. The first kappa shape index (κ1) is 15.7. The summed E-state index contributed by atoms with van der Waals surface area (Å²) in [4.78, 5) is 0. The van der Waals surface area contributed by atoms with E-state index < -0.39 is 0 Å². The zero-order chi connectivity index (χ0) is 18.1. The van der Waals surface area contributed by atoms with Crippen LogP contribution in [0.2, 0.25) is 0 Å². The van der Waals surface area contributed by atoms with E-state index >= 15 is 0 Å². The molecule has 128 valence electrons. The fourth-order valence-corrected chi connectivity index (χ4v) is 3.70. The van der Waals surface area contributed by atoms with Crippen molar-refractivity contribution in [2.45, 2.75) is 0 Å². The number of benzene rings is 4. The summed E-state index contributed by atoms with van der Waals surface area (Å²) in [6.45, 7) is 0. The zero-order valence-electron chi connectivity index (χ0n) is 14.9. The van der Waals surface area contributed by atoms with E-state index in [4.69, 9.17) is 0 Å². The summed E-state index contributed by atoms with van der Waals surface area (Å²) in [6.07, 6.45) is 0. The number of aromatic nitrogens is 1. The Balaban J connectivity index is 1.78. The first-order valence-corrected chi connectivity index (χ1v) is 9.22. The lowest BCUT2D eigenvalue weighted by Gasteiger charge is -2.15. The van der Waals surface area contributed by atoms with Gasteiger partial charge in [0.25, 0.3) is 0 Å². The predicted molar refractivity (Wildman–Crippen MR) is 114 cm³/mol. The van der Waals surface area contributed by atoms with Gasteiger partial charge in [-0.25, -0.2) is 0 Å². The normalized spacial score (nSPS) is 11.0. The molecule has 5 aromatic rings. The van der Waals surface area contributed by atoms with E-state index in [-0.39, 0.29) is 0 Å². The lowest BCUT2D eigenvalue weighted by molar-refractivity contribution is 1.10. The van der Waals surface area contributed by atoms with Crippen LogP contribution >= 0.6 is 0 Å². The molecule has 0 spiro atoms. The Bertz CT molecular complexity index is 1140. The highest BCUT2D eigenvalue weighted by atomic mass is 15.0. The van der Waals surface area contributed by atoms with Gasteiger partial charge in [0, 0.05) is 5.69 Å². The van der Waals surface area contributed by atoms with Crippen LogP contribution in [0.25, 0.3) is 39.0 Å². The highest BCUT2D eigenvalue weighted by molar-refractivity contribution is 5.85. The second kappa shape index (κ2) is 6.62. The summed E-state index contributed by atoms with van der Waals surface area (Å²) < 4.78 is 2.36. The molecular formula is C26H19N. The monoisotopic (exact) mass is 345 g/mol. The molecular weight excluding hydrogens is 326 g/mol. The Kier molecular flexibility index (Phi) is 3.84. The summed E-state index contributed by atoms with van der Waals surface area (Å²) in [5, 5.41) is 2.51. The van der Waals surface area contributed by atoms with E-state index in [1.54, 1.807) is 0 Å². The third-order valence-electron chi connectivity index (χ3n) is 5.01. The van der Waals surface area contributed by atoms with Gasteiger partial charge in [-0.2, -0.15) is 0 Å². The lowest BCUT2D eigenvalue weighted by atomic mass is 10.1. The van der Waals surface area contributed by atoms with Crippen molar-refractivity contribution < 1.29 is 0 Å². The van der Waals surface area contributed by atoms with Crippen molar-refractivity contribution in [1.29, 1.82) is 0 Å². The van der Waals surface area contributed by atoms with Crippen LogP contribution in [0, 0.1) is 0 Å². The molecule has 4 aromatic carbocycles. The average molecular weight is 345 g/mol. The zero-order valence-corrected chi connectivity index (χ0v) is 14.9. The maximum absolute atomic E-state index is 2.36. The highest BCUT2D eigenvalue weighted by Gasteiger charge is 2.13. The molecule has 1 heterocycles. The van der Waals surface area contributed by atoms with Crippen molar-refractivity contribution in [2.75, 3.05) is 0 Å². The SMILES string of the molecule is c1ccc(-c2ccc(-c3ccccc3)n2-c2ccc3ccccc3c2)cc1. The van der Waals surface area contributed by atoms with Gasteiger partial charge >= 0.3 is 0 Å². The Morgan fingerprint density at radius 3 is 1.52 bits per heavy atom. The molecule has 0 unspecified atom stereocenters. The van der Waals surface area contributed by atoms with Crippen molar-refractivity contribution in [3.8, 4) is 28.2 Å². The molecule has 0 fully saturated rings. The molecule has 1 nitrogen and oxygen atoms in total. The minimum Gasteiger partial charge on any atom is -0.309 e. The molecule has 0 bridgehead atoms. The van der Waals surface area contributed by atoms with Gasteiger partial charge in [0.2, 0.25) is 0 Å². The third-order valence-corrected chi connectivity index (χ3v) is 5.01. The quantitative estimate of drug-likeness (QED) is 0.333. The van der Waals surface area contributed by atoms with E-state index in [9.17, 15) is 0 Å². The van der Waals surface area contributed by atoms with Gasteiger partial charge in [-0.3, -0.25) is 0 Å². The van der Waals surface area contributed by atoms with Gasteiger partial charge in [0.05, 0.1) is 11.4 Å². The molecule has 1 heteroatoms. The van der Waals surface area contributed by atoms with Gasteiger partial charge in [-0.1, -0.05) is 91.0 Å². The summed E-state index contributed by atoms with van der Waals surface area (Å²) in [6, 6.07) is 40.8. The van der Waals surface area contributed by atoms with Crippen LogP contribution in [0.1, 0.15) is 0 Å². The Hall–Kier alpha value is -3.58. The standard InChI is InChI=1S/C26H19N/c1-3-10-21(11-4-1)25-17-18-26(22-12-5-2-6-13-22)27(25)24-16-15-20-9-7-8-14-23(20)19-24/h1-19H. The van der Waals surface area contributed by atoms with Gasteiger partial charge < -0.3 is 4.57 Å². The molecule has 27 heavy (non-hydrogen) atoms. The number of hydrogen-bond donors (Lipinski definition) is 0. The van der Waals surface area contributed by atoms with Crippen LogP contribution in [0.15, 0.2) is 115 Å². The third kappa shape index (κ3) is 2.84. The van der Waals surface area contributed by atoms with Crippen LogP contribution < -0.4 is 0 Å². The molecule has 0 radical (unpaired) electrons. The summed E-state index contributed by atoms with van der Waals surface area (Å²) in [5.74, 6) is 0. The molecule has 0 aliphatic carbocycles. The second-order valence-electron chi connectivity index (χ2n) is 6.70. The minimum atomic E-state index is 1.18. The molecule has 5 rings (SSSR count). The van der Waals surface area contributed by atoms with E-state index in [2.05, 4.69) is 120 Å².